The number of para-hydroxylation sites is 1. The van der Waals surface area contributed by atoms with Crippen molar-refractivity contribution in [2.24, 2.45) is 0 Å². The first kappa shape index (κ1) is 30.1. The van der Waals surface area contributed by atoms with Gasteiger partial charge in [-0.15, -0.1) is 0 Å². The Morgan fingerprint density at radius 3 is 1.55 bits per heavy atom. The van der Waals surface area contributed by atoms with Crippen LogP contribution < -0.4 is 0 Å². The second-order valence-corrected chi connectivity index (χ2v) is 15.5. The maximum Gasteiger partial charge on any atom is 0.140 e. The Kier molecular flexibility index (Phi) is 5.89. The van der Waals surface area contributed by atoms with Gasteiger partial charge in [-0.3, -0.25) is 0 Å². The molecule has 1 atom stereocenters. The molecule has 0 N–H and O–H groups in total. The Labute approximate surface area is 323 Å². The van der Waals surface area contributed by atoms with Crippen molar-refractivity contribution in [3.63, 3.8) is 0 Å². The highest BCUT2D eigenvalue weighted by Crippen LogP contribution is 2.65. The predicted octanol–water partition coefficient (Wildman–Crippen LogP) is 14.7. The van der Waals surface area contributed by atoms with Gasteiger partial charge in [0.2, 0.25) is 0 Å². The van der Waals surface area contributed by atoms with Crippen LogP contribution in [0, 0.1) is 0 Å². The summed E-state index contributed by atoms with van der Waals surface area (Å²) < 4.78 is 6.78. The molecule has 2 aliphatic carbocycles. The monoisotopic (exact) mass is 708 g/mol. The lowest BCUT2D eigenvalue weighted by molar-refractivity contribution is 0.628. The first-order valence-corrected chi connectivity index (χ1v) is 19.5. The van der Waals surface area contributed by atoms with E-state index in [2.05, 4.69) is 194 Å². The molecule has 56 heavy (non-hydrogen) atoms. The Morgan fingerprint density at radius 1 is 0.304 bits per heavy atom. The average Bonchev–Trinajstić information content (AvgIpc) is 3.89. The zero-order valence-electron chi connectivity index (χ0n) is 30.4. The third-order valence-electron chi connectivity index (χ3n) is 12.8. The molecule has 2 aliphatic rings. The minimum atomic E-state index is -0.505. The fraction of sp³-hybridized carbons (Fsp3) is 0.0182. The van der Waals surface area contributed by atoms with Gasteiger partial charge in [0, 0.05) is 16.5 Å². The van der Waals surface area contributed by atoms with Gasteiger partial charge in [-0.1, -0.05) is 164 Å². The van der Waals surface area contributed by atoms with Crippen LogP contribution in [0.1, 0.15) is 22.3 Å². The van der Waals surface area contributed by atoms with Crippen LogP contribution in [-0.4, -0.2) is 0 Å². The van der Waals surface area contributed by atoms with E-state index >= 15 is 0 Å². The molecule has 0 bridgehead atoms. The zero-order chi connectivity index (χ0) is 36.5. The molecule has 1 nitrogen and oxygen atoms in total. The van der Waals surface area contributed by atoms with Gasteiger partial charge >= 0.3 is 0 Å². The molecule has 0 fully saturated rings. The number of furan rings is 1. The molecular formula is C55H32O. The second-order valence-electron chi connectivity index (χ2n) is 15.5. The second kappa shape index (κ2) is 10.9. The van der Waals surface area contributed by atoms with E-state index in [-0.39, 0.29) is 0 Å². The largest absolute Gasteiger partial charge is 0.456 e. The number of rotatable bonds is 2. The Bertz CT molecular complexity index is 3490. The van der Waals surface area contributed by atoms with Crippen LogP contribution in [-0.2, 0) is 5.41 Å². The van der Waals surface area contributed by atoms with Gasteiger partial charge in [0.05, 0.1) is 5.41 Å². The summed E-state index contributed by atoms with van der Waals surface area (Å²) in [5.41, 5.74) is 14.3. The van der Waals surface area contributed by atoms with Crippen LogP contribution in [0.4, 0.5) is 0 Å². The molecule has 1 unspecified atom stereocenters. The summed E-state index contributed by atoms with van der Waals surface area (Å²) in [6.45, 7) is 0. The number of benzene rings is 10. The highest BCUT2D eigenvalue weighted by Gasteiger charge is 2.54. The van der Waals surface area contributed by atoms with Crippen molar-refractivity contribution in [1.29, 1.82) is 0 Å². The van der Waals surface area contributed by atoms with Crippen molar-refractivity contribution in [1.82, 2.24) is 0 Å². The van der Waals surface area contributed by atoms with Gasteiger partial charge in [-0.25, -0.2) is 0 Å². The highest BCUT2D eigenvalue weighted by atomic mass is 16.3. The minimum Gasteiger partial charge on any atom is -0.456 e. The zero-order valence-corrected chi connectivity index (χ0v) is 30.4. The lowest BCUT2D eigenvalue weighted by atomic mass is 9.69. The normalized spacial score (nSPS) is 15.2. The fourth-order valence-electron chi connectivity index (χ4n) is 10.5. The first-order valence-electron chi connectivity index (χ1n) is 19.5. The molecule has 13 rings (SSSR count). The summed E-state index contributed by atoms with van der Waals surface area (Å²) in [4.78, 5) is 0. The van der Waals surface area contributed by atoms with Crippen LogP contribution in [0.25, 0.3) is 98.8 Å². The van der Waals surface area contributed by atoms with E-state index in [1.165, 1.54) is 110 Å². The molecule has 10 aromatic carbocycles. The maximum atomic E-state index is 6.78. The minimum absolute atomic E-state index is 0.505. The number of hydrogen-bond acceptors (Lipinski definition) is 1. The van der Waals surface area contributed by atoms with Gasteiger partial charge in [-0.2, -0.15) is 0 Å². The van der Waals surface area contributed by atoms with E-state index in [0.717, 1.165) is 11.3 Å². The fourth-order valence-corrected chi connectivity index (χ4v) is 10.5. The topological polar surface area (TPSA) is 13.1 Å². The highest BCUT2D eigenvalue weighted by molar-refractivity contribution is 6.24. The van der Waals surface area contributed by atoms with Crippen molar-refractivity contribution < 1.29 is 4.42 Å². The number of hydrogen-bond donors (Lipinski definition) is 0. The van der Waals surface area contributed by atoms with Crippen LogP contribution >= 0.6 is 0 Å². The standard InChI is InChI=1S/C55H32O/c1-2-14-34-29-35(26-25-33(34)13-1)45-31-47-40-18-6-4-16-38(40)46(32-48(47)39-17-5-3-15-37(39)45)36-27-28-42-41-19-7-10-22-49(41)55(51(42)30-36)50-23-11-8-20-43(50)54-53(55)44-21-9-12-24-52(44)56-54/h1-32H. The van der Waals surface area contributed by atoms with Crippen LogP contribution in [0.15, 0.2) is 199 Å². The lowest BCUT2D eigenvalue weighted by Crippen LogP contribution is -2.25. The summed E-state index contributed by atoms with van der Waals surface area (Å²) in [5.74, 6) is 0.986. The number of fused-ring (bicyclic) bond motifs is 18. The molecule has 1 aromatic heterocycles. The van der Waals surface area contributed by atoms with Gasteiger partial charge in [0.15, 0.2) is 0 Å². The third-order valence-corrected chi connectivity index (χ3v) is 12.8. The lowest BCUT2D eigenvalue weighted by Gasteiger charge is -2.30. The molecule has 0 aliphatic heterocycles. The molecule has 0 saturated carbocycles. The molecule has 1 spiro atoms. The summed E-state index contributed by atoms with van der Waals surface area (Å²) in [7, 11) is 0. The van der Waals surface area contributed by atoms with Gasteiger partial charge < -0.3 is 4.42 Å². The van der Waals surface area contributed by atoms with E-state index in [1.54, 1.807) is 0 Å². The van der Waals surface area contributed by atoms with Gasteiger partial charge in [-0.05, 0) is 123 Å². The summed E-state index contributed by atoms with van der Waals surface area (Å²) >= 11 is 0. The summed E-state index contributed by atoms with van der Waals surface area (Å²) in [6.07, 6.45) is 0. The molecule has 0 radical (unpaired) electrons. The van der Waals surface area contributed by atoms with Crippen LogP contribution in [0.3, 0.4) is 0 Å². The van der Waals surface area contributed by atoms with Crippen molar-refractivity contribution in [3.05, 3.63) is 216 Å². The quantitative estimate of drug-likeness (QED) is 0.163. The SMILES string of the molecule is c1ccc2c(c1)-c1ccc(-c3cc4c5ccccc5c(-c5ccc6ccccc6c5)cc4c4ccccc34)cc1C21c2ccccc2-c2oc3ccccc3c21. The van der Waals surface area contributed by atoms with Crippen LogP contribution in [0.5, 0.6) is 0 Å². The van der Waals surface area contributed by atoms with Gasteiger partial charge in [0.25, 0.3) is 0 Å². The molecule has 0 amide bonds. The first-order chi connectivity index (χ1) is 27.8. The van der Waals surface area contributed by atoms with Crippen molar-refractivity contribution >= 4 is 54.1 Å². The van der Waals surface area contributed by atoms with E-state index in [0.29, 0.717) is 0 Å². The Hall–Kier alpha value is -7.22. The van der Waals surface area contributed by atoms with Crippen molar-refractivity contribution in [2.45, 2.75) is 5.41 Å². The van der Waals surface area contributed by atoms with E-state index in [9.17, 15) is 0 Å². The Morgan fingerprint density at radius 2 is 0.821 bits per heavy atom. The van der Waals surface area contributed by atoms with E-state index in [1.807, 2.05) is 0 Å². The van der Waals surface area contributed by atoms with E-state index < -0.39 is 5.41 Å². The third kappa shape index (κ3) is 3.79. The van der Waals surface area contributed by atoms with Crippen molar-refractivity contribution in [3.8, 4) is 44.7 Å². The smallest absolute Gasteiger partial charge is 0.140 e. The predicted molar refractivity (Wildman–Crippen MR) is 233 cm³/mol. The van der Waals surface area contributed by atoms with Crippen molar-refractivity contribution in [2.75, 3.05) is 0 Å². The molecule has 0 saturated heterocycles. The van der Waals surface area contributed by atoms with Crippen LogP contribution in [0.2, 0.25) is 0 Å². The molecule has 1 heterocycles. The maximum absolute atomic E-state index is 6.78. The van der Waals surface area contributed by atoms with Gasteiger partial charge in [0.1, 0.15) is 11.3 Å². The molecule has 258 valence electrons. The molecule has 11 aromatic rings. The molecular weight excluding hydrogens is 677 g/mol. The Balaban J connectivity index is 1.11. The molecule has 1 heteroatoms. The van der Waals surface area contributed by atoms with E-state index in [4.69, 9.17) is 4.42 Å². The average molecular weight is 709 g/mol. The summed E-state index contributed by atoms with van der Waals surface area (Å²) in [6, 6.07) is 72.0. The summed E-state index contributed by atoms with van der Waals surface area (Å²) in [5, 5.41) is 11.3.